The van der Waals surface area contributed by atoms with Gasteiger partial charge in [-0.1, -0.05) is 33.6 Å². The van der Waals surface area contributed by atoms with Gasteiger partial charge in [0.25, 0.3) is 0 Å². The first-order valence-electron chi connectivity index (χ1n) is 4.16. The molecular formula is C10H7BrClFO3. The fraction of sp³-hybridized carbons (Fsp3) is 0.100. The van der Waals surface area contributed by atoms with Crippen LogP contribution >= 0.6 is 27.5 Å². The third kappa shape index (κ3) is 3.50. The van der Waals surface area contributed by atoms with Gasteiger partial charge in [-0.2, -0.15) is 0 Å². The number of benzene rings is 1. The van der Waals surface area contributed by atoms with Gasteiger partial charge in [0.2, 0.25) is 0 Å². The molecule has 0 heterocycles. The maximum absolute atomic E-state index is 13.4. The Balaban J connectivity index is 2.95. The number of ether oxygens (including phenoxy) is 1. The summed E-state index contributed by atoms with van der Waals surface area (Å²) in [5.41, 5.74) is 0. The lowest BCUT2D eigenvalue weighted by Gasteiger charge is -2.08. The maximum atomic E-state index is 13.4. The monoisotopic (exact) mass is 308 g/mol. The minimum atomic E-state index is -1.17. The van der Waals surface area contributed by atoms with Crippen molar-refractivity contribution in [3.05, 3.63) is 40.9 Å². The molecule has 1 aromatic carbocycles. The summed E-state index contributed by atoms with van der Waals surface area (Å²) in [5.74, 6) is -1.92. The number of aliphatic carboxylic acids is 1. The van der Waals surface area contributed by atoms with Crippen LogP contribution in [0, 0.1) is 5.82 Å². The van der Waals surface area contributed by atoms with Crippen LogP contribution in [0.1, 0.15) is 0 Å². The van der Waals surface area contributed by atoms with E-state index in [4.69, 9.17) is 21.4 Å². The van der Waals surface area contributed by atoms with Crippen molar-refractivity contribution >= 4 is 33.5 Å². The molecule has 0 spiro atoms. The first-order valence-corrected chi connectivity index (χ1v) is 5.66. The quantitative estimate of drug-likeness (QED) is 0.528. The zero-order chi connectivity index (χ0) is 12.1. The predicted octanol–water partition coefficient (Wildman–Crippen LogP) is 3.22. The van der Waals surface area contributed by atoms with Crippen molar-refractivity contribution in [3.8, 4) is 5.75 Å². The number of carbonyl (C=O) groups is 1. The number of rotatable bonds is 4. The molecule has 0 aliphatic heterocycles. The molecule has 0 atom stereocenters. The molecule has 0 bridgehead atoms. The normalized spacial score (nSPS) is 11.3. The first-order chi connectivity index (χ1) is 7.54. The largest absolute Gasteiger partial charge is 0.478 e. The minimum absolute atomic E-state index is 0.0775. The molecule has 3 nitrogen and oxygen atoms in total. The van der Waals surface area contributed by atoms with E-state index in [-0.39, 0.29) is 21.9 Å². The first kappa shape index (κ1) is 13.0. The SMILES string of the molecule is O=C(O)C=C(CBr)Oc1cccc(Cl)c1F. The Labute approximate surface area is 105 Å². The highest BCUT2D eigenvalue weighted by Crippen LogP contribution is 2.25. The molecule has 6 heteroatoms. The van der Waals surface area contributed by atoms with Gasteiger partial charge in [0.15, 0.2) is 11.6 Å². The molecular weight excluding hydrogens is 302 g/mol. The Morgan fingerprint density at radius 1 is 1.62 bits per heavy atom. The number of alkyl halides is 1. The summed E-state index contributed by atoms with van der Waals surface area (Å²) in [4.78, 5) is 10.4. The summed E-state index contributed by atoms with van der Waals surface area (Å²) in [6.45, 7) is 0. The summed E-state index contributed by atoms with van der Waals surface area (Å²) in [7, 11) is 0. The standard InChI is InChI=1S/C10H7BrClFO3/c11-5-6(4-9(14)15)16-8-3-1-2-7(12)10(8)13/h1-4H,5H2,(H,14,15). The second-order valence-electron chi connectivity index (χ2n) is 2.74. The third-order valence-electron chi connectivity index (χ3n) is 1.57. The van der Waals surface area contributed by atoms with Crippen LogP contribution in [0.2, 0.25) is 5.02 Å². The molecule has 0 aliphatic rings. The molecule has 0 amide bonds. The summed E-state index contributed by atoms with van der Waals surface area (Å²) in [5, 5.41) is 8.60. The van der Waals surface area contributed by atoms with E-state index in [1.807, 2.05) is 0 Å². The van der Waals surface area contributed by atoms with Crippen LogP contribution in [0.25, 0.3) is 0 Å². The topological polar surface area (TPSA) is 46.5 Å². The molecule has 0 saturated carbocycles. The van der Waals surface area contributed by atoms with Crippen LogP contribution in [0.15, 0.2) is 30.0 Å². The van der Waals surface area contributed by atoms with Crippen molar-refractivity contribution in [1.82, 2.24) is 0 Å². The van der Waals surface area contributed by atoms with Gasteiger partial charge < -0.3 is 9.84 Å². The van der Waals surface area contributed by atoms with Gasteiger partial charge in [0, 0.05) is 0 Å². The van der Waals surface area contributed by atoms with Gasteiger partial charge in [-0.25, -0.2) is 9.18 Å². The molecule has 0 aliphatic carbocycles. The fourth-order valence-corrected chi connectivity index (χ4v) is 1.38. The number of hydrogen-bond acceptors (Lipinski definition) is 2. The molecule has 0 aromatic heterocycles. The van der Waals surface area contributed by atoms with Gasteiger partial charge in [0.1, 0.15) is 5.76 Å². The summed E-state index contributed by atoms with van der Waals surface area (Å²) in [6, 6.07) is 4.24. The molecule has 1 N–H and O–H groups in total. The summed E-state index contributed by atoms with van der Waals surface area (Å²) in [6.07, 6.45) is 0.842. The zero-order valence-electron chi connectivity index (χ0n) is 7.91. The Hall–Kier alpha value is -1.07. The fourth-order valence-electron chi connectivity index (χ4n) is 0.937. The van der Waals surface area contributed by atoms with Crippen LogP contribution in [0.5, 0.6) is 5.75 Å². The maximum Gasteiger partial charge on any atom is 0.331 e. The molecule has 16 heavy (non-hydrogen) atoms. The van der Waals surface area contributed by atoms with E-state index in [0.717, 1.165) is 6.08 Å². The van der Waals surface area contributed by atoms with Gasteiger partial charge in [-0.05, 0) is 12.1 Å². The van der Waals surface area contributed by atoms with Crippen molar-refractivity contribution in [3.63, 3.8) is 0 Å². The van der Waals surface area contributed by atoms with Crippen molar-refractivity contribution in [2.24, 2.45) is 0 Å². The van der Waals surface area contributed by atoms with Crippen molar-refractivity contribution in [2.45, 2.75) is 0 Å². The average Bonchev–Trinajstić information content (AvgIpc) is 2.23. The Morgan fingerprint density at radius 2 is 2.31 bits per heavy atom. The van der Waals surface area contributed by atoms with E-state index in [9.17, 15) is 9.18 Å². The van der Waals surface area contributed by atoms with Crippen molar-refractivity contribution in [1.29, 1.82) is 0 Å². The number of carboxylic acid groups (broad SMARTS) is 1. The number of allylic oxidation sites excluding steroid dienone is 1. The lowest BCUT2D eigenvalue weighted by Crippen LogP contribution is -2.02. The van der Waals surface area contributed by atoms with E-state index < -0.39 is 11.8 Å². The minimum Gasteiger partial charge on any atom is -0.478 e. The van der Waals surface area contributed by atoms with Gasteiger partial charge in [-0.3, -0.25) is 0 Å². The smallest absolute Gasteiger partial charge is 0.331 e. The Morgan fingerprint density at radius 3 is 2.88 bits per heavy atom. The molecule has 86 valence electrons. The van der Waals surface area contributed by atoms with Crippen molar-refractivity contribution < 1.29 is 19.0 Å². The van der Waals surface area contributed by atoms with Crippen LogP contribution in [-0.2, 0) is 4.79 Å². The predicted molar refractivity (Wildman–Crippen MR) is 61.6 cm³/mol. The Bertz CT molecular complexity index is 434. The van der Waals surface area contributed by atoms with E-state index in [2.05, 4.69) is 15.9 Å². The van der Waals surface area contributed by atoms with E-state index in [1.54, 1.807) is 0 Å². The van der Waals surface area contributed by atoms with Crippen LogP contribution in [0.4, 0.5) is 4.39 Å². The highest BCUT2D eigenvalue weighted by Gasteiger charge is 2.10. The molecule has 1 rings (SSSR count). The van der Waals surface area contributed by atoms with E-state index in [1.165, 1.54) is 18.2 Å². The lowest BCUT2D eigenvalue weighted by molar-refractivity contribution is -0.131. The van der Waals surface area contributed by atoms with Crippen LogP contribution < -0.4 is 4.74 Å². The molecule has 1 aromatic rings. The lowest BCUT2D eigenvalue weighted by atomic mass is 10.3. The molecule has 0 fully saturated rings. The molecule has 0 saturated heterocycles. The number of hydrogen-bond donors (Lipinski definition) is 1. The molecule has 0 radical (unpaired) electrons. The van der Waals surface area contributed by atoms with Crippen molar-refractivity contribution in [2.75, 3.05) is 5.33 Å². The highest BCUT2D eigenvalue weighted by atomic mass is 79.9. The van der Waals surface area contributed by atoms with Gasteiger partial charge in [0.05, 0.1) is 16.4 Å². The second-order valence-corrected chi connectivity index (χ2v) is 3.70. The number of halogens is 3. The second kappa shape index (κ2) is 5.86. The van der Waals surface area contributed by atoms with Gasteiger partial charge >= 0.3 is 5.97 Å². The summed E-state index contributed by atoms with van der Waals surface area (Å²) < 4.78 is 18.4. The number of carboxylic acids is 1. The van der Waals surface area contributed by atoms with Crippen LogP contribution in [0.3, 0.4) is 0 Å². The van der Waals surface area contributed by atoms with E-state index >= 15 is 0 Å². The zero-order valence-corrected chi connectivity index (χ0v) is 10.3. The average molecular weight is 310 g/mol. The molecule has 0 unspecified atom stereocenters. The van der Waals surface area contributed by atoms with E-state index in [0.29, 0.717) is 0 Å². The van der Waals surface area contributed by atoms with Gasteiger partial charge in [-0.15, -0.1) is 0 Å². The highest BCUT2D eigenvalue weighted by molar-refractivity contribution is 9.09. The Kier molecular flexibility index (Phi) is 4.76. The summed E-state index contributed by atoms with van der Waals surface area (Å²) >= 11 is 8.58. The van der Waals surface area contributed by atoms with Crippen LogP contribution in [-0.4, -0.2) is 16.4 Å². The third-order valence-corrected chi connectivity index (χ3v) is 2.42.